The Balaban J connectivity index is 1.46. The number of nitrogens with zero attached hydrogens (tertiary/aromatic N) is 3. The number of furan rings is 1. The van der Waals surface area contributed by atoms with Crippen LogP contribution in [0.1, 0.15) is 18.5 Å². The van der Waals surface area contributed by atoms with Gasteiger partial charge in [-0.3, -0.25) is 5.10 Å². The Morgan fingerprint density at radius 1 is 1.19 bits per heavy atom. The molecule has 1 saturated heterocycles. The predicted octanol–water partition coefficient (Wildman–Crippen LogP) is 3.32. The summed E-state index contributed by atoms with van der Waals surface area (Å²) in [6, 6.07) is 8.22. The molecule has 0 aliphatic carbocycles. The number of hydrogen-bond acceptors (Lipinski definition) is 7. The van der Waals surface area contributed by atoms with Gasteiger partial charge >= 0.3 is 0 Å². The first kappa shape index (κ1) is 16.1. The van der Waals surface area contributed by atoms with E-state index in [1.165, 1.54) is 0 Å². The number of piperidine rings is 1. The molecule has 1 aliphatic rings. The van der Waals surface area contributed by atoms with E-state index in [1.54, 1.807) is 6.26 Å². The molecule has 0 unspecified atom stereocenters. The monoisotopic (exact) mass is 363 g/mol. The van der Waals surface area contributed by atoms with Crippen molar-refractivity contribution >= 4 is 39.5 Å². The van der Waals surface area contributed by atoms with Crippen LogP contribution in [0.5, 0.6) is 0 Å². The van der Waals surface area contributed by atoms with Gasteiger partial charge in [0, 0.05) is 35.4 Å². The van der Waals surface area contributed by atoms with Gasteiger partial charge in [-0.25, -0.2) is 4.98 Å². The smallest absolute Gasteiger partial charge is 0.229 e. The van der Waals surface area contributed by atoms with Crippen LogP contribution in [0.15, 0.2) is 34.9 Å². The SMILES string of the molecule is Cc1[nH]nc2cc(Nc3nc(N[C@@H]4CCCNC4)c4occc4n3)ccc12. The van der Waals surface area contributed by atoms with Gasteiger partial charge in [-0.05, 0) is 44.5 Å². The van der Waals surface area contributed by atoms with Gasteiger partial charge in [0.2, 0.25) is 5.95 Å². The molecular weight excluding hydrogens is 342 g/mol. The molecule has 8 heteroatoms. The first-order valence-corrected chi connectivity index (χ1v) is 9.20. The number of H-pyrrole nitrogens is 1. The molecule has 4 aromatic rings. The Labute approximate surface area is 155 Å². The van der Waals surface area contributed by atoms with Crippen molar-refractivity contribution in [1.29, 1.82) is 0 Å². The summed E-state index contributed by atoms with van der Waals surface area (Å²) in [6.45, 7) is 4.00. The number of fused-ring (bicyclic) bond motifs is 2. The molecule has 3 aromatic heterocycles. The van der Waals surface area contributed by atoms with Gasteiger partial charge in [0.05, 0.1) is 11.8 Å². The number of benzene rings is 1. The van der Waals surface area contributed by atoms with Crippen LogP contribution in [0.25, 0.3) is 22.0 Å². The highest BCUT2D eigenvalue weighted by atomic mass is 16.3. The van der Waals surface area contributed by atoms with E-state index in [4.69, 9.17) is 4.42 Å². The zero-order valence-electron chi connectivity index (χ0n) is 15.0. The fraction of sp³-hybridized carbons (Fsp3) is 0.316. The number of aromatic nitrogens is 4. The van der Waals surface area contributed by atoms with E-state index in [9.17, 15) is 0 Å². The Kier molecular flexibility index (Phi) is 3.90. The molecule has 1 aromatic carbocycles. The van der Waals surface area contributed by atoms with Crippen LogP contribution in [0.4, 0.5) is 17.5 Å². The van der Waals surface area contributed by atoms with Crippen LogP contribution in [-0.4, -0.2) is 39.3 Å². The summed E-state index contributed by atoms with van der Waals surface area (Å²) in [5.74, 6) is 1.25. The largest absolute Gasteiger partial charge is 0.459 e. The number of aromatic amines is 1. The predicted molar refractivity (Wildman–Crippen MR) is 105 cm³/mol. The molecule has 1 atom stereocenters. The number of anilines is 3. The maximum atomic E-state index is 5.61. The van der Waals surface area contributed by atoms with Crippen molar-refractivity contribution in [3.63, 3.8) is 0 Å². The van der Waals surface area contributed by atoms with E-state index in [0.29, 0.717) is 17.6 Å². The van der Waals surface area contributed by atoms with E-state index in [-0.39, 0.29) is 0 Å². The molecular formula is C19H21N7O. The maximum absolute atomic E-state index is 5.61. The van der Waals surface area contributed by atoms with Crippen molar-refractivity contribution in [3.05, 3.63) is 36.2 Å². The second-order valence-corrected chi connectivity index (χ2v) is 6.92. The third-order valence-electron chi connectivity index (χ3n) is 4.94. The van der Waals surface area contributed by atoms with Crippen molar-refractivity contribution in [2.24, 2.45) is 0 Å². The molecule has 0 radical (unpaired) electrons. The Morgan fingerprint density at radius 3 is 3.04 bits per heavy atom. The lowest BCUT2D eigenvalue weighted by molar-refractivity contribution is 0.478. The van der Waals surface area contributed by atoms with Crippen molar-refractivity contribution < 1.29 is 4.42 Å². The van der Waals surface area contributed by atoms with Gasteiger partial charge in [-0.15, -0.1) is 0 Å². The van der Waals surface area contributed by atoms with Crippen LogP contribution in [-0.2, 0) is 0 Å². The number of hydrogen-bond donors (Lipinski definition) is 4. The first-order valence-electron chi connectivity index (χ1n) is 9.20. The molecule has 27 heavy (non-hydrogen) atoms. The summed E-state index contributed by atoms with van der Waals surface area (Å²) < 4.78 is 5.61. The molecule has 0 saturated carbocycles. The van der Waals surface area contributed by atoms with Gasteiger partial charge in [-0.1, -0.05) is 0 Å². The molecule has 1 fully saturated rings. The minimum atomic E-state index is 0.332. The molecule has 0 amide bonds. The van der Waals surface area contributed by atoms with Gasteiger partial charge < -0.3 is 20.4 Å². The molecule has 138 valence electrons. The third kappa shape index (κ3) is 3.08. The van der Waals surface area contributed by atoms with Crippen LogP contribution in [0, 0.1) is 6.92 Å². The lowest BCUT2D eigenvalue weighted by Gasteiger charge is -2.24. The number of rotatable bonds is 4. The summed E-state index contributed by atoms with van der Waals surface area (Å²) in [5, 5.41) is 18.6. The minimum Gasteiger partial charge on any atom is -0.459 e. The van der Waals surface area contributed by atoms with Crippen molar-refractivity contribution in [1.82, 2.24) is 25.5 Å². The highest BCUT2D eigenvalue weighted by Crippen LogP contribution is 2.27. The fourth-order valence-electron chi connectivity index (χ4n) is 3.54. The summed E-state index contributed by atoms with van der Waals surface area (Å²) in [4.78, 5) is 9.23. The standard InChI is InChI=1S/C19H21N7O/c1-11-14-5-4-12(9-16(14)26-25-11)22-19-23-15-6-8-27-17(15)18(24-19)21-13-3-2-7-20-10-13/h4-6,8-9,13,20H,2-3,7,10H2,1H3,(H,25,26)(H2,21,22,23,24)/t13-/m1/s1. The van der Waals surface area contributed by atoms with Gasteiger partial charge in [0.25, 0.3) is 0 Å². The number of aryl methyl sites for hydroxylation is 1. The minimum absolute atomic E-state index is 0.332. The zero-order valence-corrected chi connectivity index (χ0v) is 15.0. The van der Waals surface area contributed by atoms with Crippen molar-refractivity contribution in [2.45, 2.75) is 25.8 Å². The highest BCUT2D eigenvalue weighted by Gasteiger charge is 2.17. The van der Waals surface area contributed by atoms with Crippen LogP contribution in [0.2, 0.25) is 0 Å². The van der Waals surface area contributed by atoms with E-state index < -0.39 is 0 Å². The molecule has 0 bridgehead atoms. The Hall–Kier alpha value is -3.13. The molecule has 0 spiro atoms. The molecule has 4 N–H and O–H groups in total. The van der Waals surface area contributed by atoms with E-state index in [2.05, 4.69) is 36.1 Å². The fourth-order valence-corrected chi connectivity index (χ4v) is 3.54. The normalized spacial score (nSPS) is 17.4. The van der Waals surface area contributed by atoms with Crippen molar-refractivity contribution in [2.75, 3.05) is 23.7 Å². The summed E-state index contributed by atoms with van der Waals surface area (Å²) >= 11 is 0. The van der Waals surface area contributed by atoms with E-state index >= 15 is 0 Å². The van der Waals surface area contributed by atoms with Crippen LogP contribution in [0.3, 0.4) is 0 Å². The van der Waals surface area contributed by atoms with Crippen LogP contribution < -0.4 is 16.0 Å². The van der Waals surface area contributed by atoms with Crippen LogP contribution >= 0.6 is 0 Å². The average molecular weight is 363 g/mol. The molecule has 1 aliphatic heterocycles. The Bertz CT molecular complexity index is 1090. The summed E-state index contributed by atoms with van der Waals surface area (Å²) in [5.41, 5.74) is 4.32. The summed E-state index contributed by atoms with van der Waals surface area (Å²) in [6.07, 6.45) is 3.90. The second kappa shape index (κ2) is 6.55. The summed E-state index contributed by atoms with van der Waals surface area (Å²) in [7, 11) is 0. The third-order valence-corrected chi connectivity index (χ3v) is 4.94. The van der Waals surface area contributed by atoms with E-state index in [0.717, 1.165) is 59.5 Å². The molecule has 4 heterocycles. The molecule has 8 nitrogen and oxygen atoms in total. The lowest BCUT2D eigenvalue weighted by atomic mass is 10.1. The van der Waals surface area contributed by atoms with Gasteiger partial charge in [0.1, 0.15) is 5.52 Å². The lowest BCUT2D eigenvalue weighted by Crippen LogP contribution is -2.38. The zero-order chi connectivity index (χ0) is 18.2. The first-order chi connectivity index (χ1) is 13.3. The maximum Gasteiger partial charge on any atom is 0.229 e. The Morgan fingerprint density at radius 2 is 2.15 bits per heavy atom. The quantitative estimate of drug-likeness (QED) is 0.441. The molecule has 5 rings (SSSR count). The van der Waals surface area contributed by atoms with Gasteiger partial charge in [0.15, 0.2) is 11.4 Å². The second-order valence-electron chi connectivity index (χ2n) is 6.92. The van der Waals surface area contributed by atoms with Gasteiger partial charge in [-0.2, -0.15) is 10.1 Å². The number of nitrogens with one attached hydrogen (secondary N) is 4. The van der Waals surface area contributed by atoms with Crippen molar-refractivity contribution in [3.8, 4) is 0 Å². The highest BCUT2D eigenvalue weighted by molar-refractivity contribution is 5.87. The average Bonchev–Trinajstić information content (AvgIpc) is 3.30. The topological polar surface area (TPSA) is 104 Å². The van der Waals surface area contributed by atoms with E-state index in [1.807, 2.05) is 31.2 Å².